The van der Waals surface area contributed by atoms with Gasteiger partial charge >= 0.3 is 0 Å². The van der Waals surface area contributed by atoms with Gasteiger partial charge in [0.25, 0.3) is 5.91 Å². The van der Waals surface area contributed by atoms with E-state index in [4.69, 9.17) is 4.74 Å². The number of amides is 1. The number of carbonyl (C=O) groups excluding carboxylic acids is 1. The molecule has 1 aromatic rings. The molecule has 1 aromatic heterocycles. The summed E-state index contributed by atoms with van der Waals surface area (Å²) in [5.74, 6) is 0.555. The molecule has 0 aromatic carbocycles. The highest BCUT2D eigenvalue weighted by Gasteiger charge is 2.28. The highest BCUT2D eigenvalue weighted by molar-refractivity contribution is 5.90. The van der Waals surface area contributed by atoms with E-state index < -0.39 is 0 Å². The molecule has 0 spiro atoms. The van der Waals surface area contributed by atoms with Gasteiger partial charge in [0.2, 0.25) is 0 Å². The summed E-state index contributed by atoms with van der Waals surface area (Å²) in [6.45, 7) is 3.79. The Balaban J connectivity index is 1.46. The van der Waals surface area contributed by atoms with Gasteiger partial charge in [-0.1, -0.05) is 0 Å². The number of nitrogens with zero attached hydrogens (tertiary/aromatic N) is 4. The molecule has 22 heavy (non-hydrogen) atoms. The van der Waals surface area contributed by atoms with E-state index in [1.807, 2.05) is 18.1 Å². The fourth-order valence-corrected chi connectivity index (χ4v) is 3.30. The lowest BCUT2D eigenvalue weighted by molar-refractivity contribution is -0.0600. The fourth-order valence-electron chi connectivity index (χ4n) is 3.30. The van der Waals surface area contributed by atoms with E-state index in [-0.39, 0.29) is 5.91 Å². The Morgan fingerprint density at radius 1 is 1.09 bits per heavy atom. The predicted molar refractivity (Wildman–Crippen MR) is 83.7 cm³/mol. The third kappa shape index (κ3) is 3.50. The second-order valence-corrected chi connectivity index (χ2v) is 6.49. The van der Waals surface area contributed by atoms with Crippen molar-refractivity contribution in [2.45, 2.75) is 37.9 Å². The number of ether oxygens (including phenoxy) is 1. The van der Waals surface area contributed by atoms with Crippen LogP contribution in [0, 0.1) is 0 Å². The minimum atomic E-state index is 0.0326. The number of hydrogen-bond acceptors (Lipinski definition) is 4. The first-order valence-corrected chi connectivity index (χ1v) is 8.24. The molecule has 1 amide bonds. The minimum Gasteiger partial charge on any atom is -0.375 e. The SMILES string of the molecule is CN1CCC(OC2CCN(C(=O)c3nccn3C)CC2)CC1. The topological polar surface area (TPSA) is 50.6 Å². The average Bonchev–Trinajstić information content (AvgIpc) is 2.96. The first-order chi connectivity index (χ1) is 10.6. The summed E-state index contributed by atoms with van der Waals surface area (Å²) >= 11 is 0. The molecule has 3 rings (SSSR count). The maximum atomic E-state index is 12.4. The van der Waals surface area contributed by atoms with Crippen LogP contribution in [-0.4, -0.2) is 70.7 Å². The van der Waals surface area contributed by atoms with Crippen molar-refractivity contribution in [2.75, 3.05) is 33.2 Å². The third-order valence-corrected chi connectivity index (χ3v) is 4.79. The molecule has 2 fully saturated rings. The van der Waals surface area contributed by atoms with Crippen LogP contribution in [0.15, 0.2) is 12.4 Å². The number of aromatic nitrogens is 2. The van der Waals surface area contributed by atoms with Crippen molar-refractivity contribution >= 4 is 5.91 Å². The molecule has 3 heterocycles. The van der Waals surface area contributed by atoms with E-state index >= 15 is 0 Å². The van der Waals surface area contributed by atoms with Gasteiger partial charge in [-0.3, -0.25) is 4.79 Å². The smallest absolute Gasteiger partial charge is 0.289 e. The zero-order valence-corrected chi connectivity index (χ0v) is 13.6. The van der Waals surface area contributed by atoms with Crippen molar-refractivity contribution in [3.8, 4) is 0 Å². The Kier molecular flexibility index (Phi) is 4.78. The molecule has 0 aliphatic carbocycles. The second kappa shape index (κ2) is 6.79. The Labute approximate surface area is 132 Å². The monoisotopic (exact) mass is 306 g/mol. The average molecular weight is 306 g/mol. The van der Waals surface area contributed by atoms with Gasteiger partial charge in [-0.05, 0) is 32.7 Å². The van der Waals surface area contributed by atoms with Crippen molar-refractivity contribution in [1.29, 1.82) is 0 Å². The molecular weight excluding hydrogens is 280 g/mol. The Bertz CT molecular complexity index is 500. The van der Waals surface area contributed by atoms with Crippen molar-refractivity contribution < 1.29 is 9.53 Å². The summed E-state index contributed by atoms with van der Waals surface area (Å²) in [6, 6.07) is 0. The number of imidazole rings is 1. The summed E-state index contributed by atoms with van der Waals surface area (Å²) in [7, 11) is 4.02. The van der Waals surface area contributed by atoms with Gasteiger partial charge in [-0.25, -0.2) is 4.98 Å². The third-order valence-electron chi connectivity index (χ3n) is 4.79. The number of piperidine rings is 2. The Morgan fingerprint density at radius 2 is 1.68 bits per heavy atom. The van der Waals surface area contributed by atoms with Crippen LogP contribution in [0.25, 0.3) is 0 Å². The quantitative estimate of drug-likeness (QED) is 0.840. The highest BCUT2D eigenvalue weighted by atomic mass is 16.5. The van der Waals surface area contributed by atoms with Crippen molar-refractivity contribution in [1.82, 2.24) is 19.4 Å². The van der Waals surface area contributed by atoms with Gasteiger partial charge < -0.3 is 19.1 Å². The van der Waals surface area contributed by atoms with E-state index in [1.165, 1.54) is 0 Å². The molecule has 122 valence electrons. The van der Waals surface area contributed by atoms with E-state index in [0.29, 0.717) is 18.0 Å². The molecule has 0 bridgehead atoms. The lowest BCUT2D eigenvalue weighted by Gasteiger charge is -2.36. The zero-order chi connectivity index (χ0) is 15.5. The van der Waals surface area contributed by atoms with E-state index in [1.54, 1.807) is 10.8 Å². The molecule has 0 unspecified atom stereocenters. The van der Waals surface area contributed by atoms with Crippen molar-refractivity contribution in [3.63, 3.8) is 0 Å². The molecule has 0 N–H and O–H groups in total. The standard InChI is InChI=1S/C16H26N4O2/c1-18-8-3-13(4-9-18)22-14-5-10-20(11-6-14)16(21)15-17-7-12-19(15)2/h7,12-14H,3-6,8-11H2,1-2H3. The maximum Gasteiger partial charge on any atom is 0.289 e. The van der Waals surface area contributed by atoms with Crippen LogP contribution in [0.4, 0.5) is 0 Å². The van der Waals surface area contributed by atoms with Crippen LogP contribution in [0.1, 0.15) is 36.3 Å². The lowest BCUT2D eigenvalue weighted by Crippen LogP contribution is -2.43. The zero-order valence-electron chi connectivity index (χ0n) is 13.6. The number of likely N-dealkylation sites (tertiary alicyclic amines) is 2. The summed E-state index contributed by atoms with van der Waals surface area (Å²) in [4.78, 5) is 20.8. The summed E-state index contributed by atoms with van der Waals surface area (Å²) in [5, 5.41) is 0. The second-order valence-electron chi connectivity index (χ2n) is 6.49. The van der Waals surface area contributed by atoms with Crippen molar-refractivity contribution in [2.24, 2.45) is 7.05 Å². The van der Waals surface area contributed by atoms with Gasteiger partial charge in [-0.15, -0.1) is 0 Å². The molecule has 2 aliphatic heterocycles. The van der Waals surface area contributed by atoms with Gasteiger partial charge in [0.1, 0.15) is 0 Å². The van der Waals surface area contributed by atoms with Crippen LogP contribution in [0.2, 0.25) is 0 Å². The predicted octanol–water partition coefficient (Wildman–Crippen LogP) is 1.14. The Hall–Kier alpha value is -1.40. The van der Waals surface area contributed by atoms with Gasteiger partial charge in [0, 0.05) is 45.6 Å². The number of rotatable bonds is 3. The molecule has 0 saturated carbocycles. The van der Waals surface area contributed by atoms with Crippen LogP contribution < -0.4 is 0 Å². The summed E-state index contributed by atoms with van der Waals surface area (Å²) in [6.07, 6.45) is 8.31. The van der Waals surface area contributed by atoms with E-state index in [2.05, 4.69) is 16.9 Å². The normalized spacial score (nSPS) is 22.2. The number of carbonyl (C=O) groups is 1. The van der Waals surface area contributed by atoms with Crippen LogP contribution in [-0.2, 0) is 11.8 Å². The number of hydrogen-bond donors (Lipinski definition) is 0. The minimum absolute atomic E-state index is 0.0326. The maximum absolute atomic E-state index is 12.4. The molecule has 6 heteroatoms. The molecule has 6 nitrogen and oxygen atoms in total. The molecular formula is C16H26N4O2. The Morgan fingerprint density at radius 3 is 2.23 bits per heavy atom. The van der Waals surface area contributed by atoms with Crippen LogP contribution >= 0.6 is 0 Å². The van der Waals surface area contributed by atoms with Gasteiger partial charge in [-0.2, -0.15) is 0 Å². The van der Waals surface area contributed by atoms with Crippen LogP contribution in [0.5, 0.6) is 0 Å². The van der Waals surface area contributed by atoms with Gasteiger partial charge in [0.05, 0.1) is 12.2 Å². The molecule has 0 atom stereocenters. The fraction of sp³-hybridized carbons (Fsp3) is 0.750. The largest absolute Gasteiger partial charge is 0.375 e. The summed E-state index contributed by atoms with van der Waals surface area (Å²) < 4.78 is 8.02. The van der Waals surface area contributed by atoms with Gasteiger partial charge in [0.15, 0.2) is 5.82 Å². The van der Waals surface area contributed by atoms with E-state index in [9.17, 15) is 4.79 Å². The van der Waals surface area contributed by atoms with Crippen LogP contribution in [0.3, 0.4) is 0 Å². The molecule has 0 radical (unpaired) electrons. The first-order valence-electron chi connectivity index (χ1n) is 8.24. The number of aryl methyl sites for hydroxylation is 1. The highest BCUT2D eigenvalue weighted by Crippen LogP contribution is 2.21. The van der Waals surface area contributed by atoms with E-state index in [0.717, 1.165) is 51.9 Å². The molecule has 2 aliphatic rings. The summed E-state index contributed by atoms with van der Waals surface area (Å²) in [5.41, 5.74) is 0. The van der Waals surface area contributed by atoms with Crippen molar-refractivity contribution in [3.05, 3.63) is 18.2 Å². The first kappa shape index (κ1) is 15.5. The lowest BCUT2D eigenvalue weighted by atomic mass is 10.0. The molecule has 2 saturated heterocycles.